The molecule has 2 atom stereocenters. The van der Waals surface area contributed by atoms with Gasteiger partial charge in [0.1, 0.15) is 5.82 Å². The molecule has 0 amide bonds. The first-order chi connectivity index (χ1) is 8.67. The number of rotatable bonds is 4. The zero-order chi connectivity index (χ0) is 13.1. The smallest absolute Gasteiger partial charge is 0.146 e. The number of hydrogen-bond donors (Lipinski definition) is 2. The fraction of sp³-hybridized carbons (Fsp3) is 0.571. The van der Waals surface area contributed by atoms with E-state index < -0.39 is 0 Å². The number of aliphatic hydroxyl groups excluding tert-OH is 1. The number of hydrogen-bond acceptors (Lipinski definition) is 3. The third-order valence-corrected chi connectivity index (χ3v) is 3.80. The molecule has 0 spiro atoms. The lowest BCUT2D eigenvalue weighted by Crippen LogP contribution is -2.32. The molecule has 1 aliphatic rings. The summed E-state index contributed by atoms with van der Waals surface area (Å²) in [7, 11) is 1.86. The van der Waals surface area contributed by atoms with Crippen molar-refractivity contribution in [2.24, 2.45) is 0 Å². The molecule has 0 radical (unpaired) electrons. The van der Waals surface area contributed by atoms with Gasteiger partial charge in [-0.05, 0) is 44.5 Å². The SMILES string of the molecule is CNC(C)c1ccc(N2CCCC2CO)c(F)c1. The lowest BCUT2D eigenvalue weighted by atomic mass is 10.1. The second-order valence-electron chi connectivity index (χ2n) is 4.89. The molecule has 1 saturated heterocycles. The van der Waals surface area contributed by atoms with Crippen molar-refractivity contribution < 1.29 is 9.50 Å². The van der Waals surface area contributed by atoms with E-state index >= 15 is 0 Å². The second-order valence-corrected chi connectivity index (χ2v) is 4.89. The van der Waals surface area contributed by atoms with Gasteiger partial charge in [0.2, 0.25) is 0 Å². The average molecular weight is 252 g/mol. The van der Waals surface area contributed by atoms with Crippen LogP contribution in [-0.4, -0.2) is 31.3 Å². The van der Waals surface area contributed by atoms with Gasteiger partial charge in [-0.15, -0.1) is 0 Å². The van der Waals surface area contributed by atoms with E-state index in [1.165, 1.54) is 0 Å². The van der Waals surface area contributed by atoms with Crippen LogP contribution in [0.1, 0.15) is 31.4 Å². The molecule has 1 aromatic rings. The number of halogens is 1. The third kappa shape index (κ3) is 2.49. The highest BCUT2D eigenvalue weighted by atomic mass is 19.1. The standard InChI is InChI=1S/C14H21FN2O/c1-10(16-2)11-5-6-14(13(15)8-11)17-7-3-4-12(17)9-18/h5-6,8,10,12,16,18H,3-4,7,9H2,1-2H3. The number of nitrogens with zero attached hydrogens (tertiary/aromatic N) is 1. The number of aliphatic hydroxyl groups is 1. The van der Waals surface area contributed by atoms with Gasteiger partial charge in [0.15, 0.2) is 0 Å². The Bertz CT molecular complexity index is 411. The molecular formula is C14H21FN2O. The minimum absolute atomic E-state index is 0.0621. The van der Waals surface area contributed by atoms with Crippen molar-refractivity contribution in [1.82, 2.24) is 5.32 Å². The molecule has 2 unspecified atom stereocenters. The lowest BCUT2D eigenvalue weighted by molar-refractivity contribution is 0.266. The first kappa shape index (κ1) is 13.3. The summed E-state index contributed by atoms with van der Waals surface area (Å²) in [6.45, 7) is 2.91. The molecule has 0 aromatic heterocycles. The summed E-state index contributed by atoms with van der Waals surface area (Å²) < 4.78 is 14.2. The summed E-state index contributed by atoms with van der Waals surface area (Å²) in [6, 6.07) is 5.56. The summed E-state index contributed by atoms with van der Waals surface area (Å²) in [5.41, 5.74) is 1.55. The molecule has 2 N–H and O–H groups in total. The Morgan fingerprint density at radius 2 is 2.33 bits per heavy atom. The lowest BCUT2D eigenvalue weighted by Gasteiger charge is -2.26. The Morgan fingerprint density at radius 3 is 2.94 bits per heavy atom. The van der Waals surface area contributed by atoms with Crippen molar-refractivity contribution in [1.29, 1.82) is 0 Å². The van der Waals surface area contributed by atoms with E-state index in [9.17, 15) is 9.50 Å². The maximum atomic E-state index is 14.2. The Labute approximate surface area is 108 Å². The van der Waals surface area contributed by atoms with Gasteiger partial charge in [0.25, 0.3) is 0 Å². The number of anilines is 1. The van der Waals surface area contributed by atoms with Gasteiger partial charge in [0.05, 0.1) is 18.3 Å². The van der Waals surface area contributed by atoms with E-state index in [0.717, 1.165) is 24.9 Å². The van der Waals surface area contributed by atoms with Gasteiger partial charge in [-0.25, -0.2) is 4.39 Å². The monoisotopic (exact) mass is 252 g/mol. The predicted octanol–water partition coefficient (Wildman–Crippen LogP) is 2.07. The largest absolute Gasteiger partial charge is 0.394 e. The Morgan fingerprint density at radius 1 is 1.56 bits per heavy atom. The minimum Gasteiger partial charge on any atom is -0.394 e. The van der Waals surface area contributed by atoms with Gasteiger partial charge < -0.3 is 15.3 Å². The van der Waals surface area contributed by atoms with Crippen molar-refractivity contribution in [3.05, 3.63) is 29.6 Å². The van der Waals surface area contributed by atoms with Crippen molar-refractivity contribution in [2.45, 2.75) is 31.8 Å². The van der Waals surface area contributed by atoms with Crippen LogP contribution in [0.4, 0.5) is 10.1 Å². The van der Waals surface area contributed by atoms with E-state index in [4.69, 9.17) is 0 Å². The molecule has 0 bridgehead atoms. The summed E-state index contributed by atoms with van der Waals surface area (Å²) in [5, 5.41) is 12.4. The first-order valence-electron chi connectivity index (χ1n) is 6.51. The fourth-order valence-corrected chi connectivity index (χ4v) is 2.53. The van der Waals surface area contributed by atoms with Gasteiger partial charge in [0, 0.05) is 12.6 Å². The summed E-state index contributed by atoms with van der Waals surface area (Å²) in [5.74, 6) is -0.199. The van der Waals surface area contributed by atoms with Crippen LogP contribution in [0.2, 0.25) is 0 Å². The van der Waals surface area contributed by atoms with Crippen LogP contribution in [-0.2, 0) is 0 Å². The van der Waals surface area contributed by atoms with Gasteiger partial charge in [-0.3, -0.25) is 0 Å². The normalized spacial score (nSPS) is 21.3. The molecule has 100 valence electrons. The van der Waals surface area contributed by atoms with Crippen molar-refractivity contribution in [3.63, 3.8) is 0 Å². The van der Waals surface area contributed by atoms with Crippen LogP contribution in [0.25, 0.3) is 0 Å². The van der Waals surface area contributed by atoms with E-state index in [0.29, 0.717) is 5.69 Å². The quantitative estimate of drug-likeness (QED) is 0.861. The highest BCUT2D eigenvalue weighted by Crippen LogP contribution is 2.29. The molecule has 18 heavy (non-hydrogen) atoms. The van der Waals surface area contributed by atoms with Gasteiger partial charge >= 0.3 is 0 Å². The van der Waals surface area contributed by atoms with Gasteiger partial charge in [-0.1, -0.05) is 6.07 Å². The minimum atomic E-state index is -0.199. The van der Waals surface area contributed by atoms with Crippen molar-refractivity contribution >= 4 is 5.69 Å². The highest BCUT2D eigenvalue weighted by molar-refractivity contribution is 5.51. The molecule has 0 aliphatic carbocycles. The first-order valence-corrected chi connectivity index (χ1v) is 6.51. The molecule has 4 heteroatoms. The Hall–Kier alpha value is -1.13. The van der Waals surface area contributed by atoms with Crippen LogP contribution in [0.3, 0.4) is 0 Å². The van der Waals surface area contributed by atoms with Gasteiger partial charge in [-0.2, -0.15) is 0 Å². The van der Waals surface area contributed by atoms with Crippen molar-refractivity contribution in [3.8, 4) is 0 Å². The topological polar surface area (TPSA) is 35.5 Å². The second kappa shape index (κ2) is 5.67. The zero-order valence-electron chi connectivity index (χ0n) is 11.0. The van der Waals surface area contributed by atoms with E-state index in [1.54, 1.807) is 6.07 Å². The molecule has 3 nitrogen and oxygen atoms in total. The molecule has 1 aromatic carbocycles. The molecule has 1 heterocycles. The van der Waals surface area contributed by atoms with E-state index in [1.807, 2.05) is 31.0 Å². The van der Waals surface area contributed by atoms with Crippen LogP contribution in [0.15, 0.2) is 18.2 Å². The Kier molecular flexibility index (Phi) is 4.19. The molecule has 2 rings (SSSR count). The molecule has 1 fully saturated rings. The van der Waals surface area contributed by atoms with E-state index in [2.05, 4.69) is 5.32 Å². The average Bonchev–Trinajstić information content (AvgIpc) is 2.85. The molecule has 0 saturated carbocycles. The fourth-order valence-electron chi connectivity index (χ4n) is 2.53. The maximum Gasteiger partial charge on any atom is 0.146 e. The molecular weight excluding hydrogens is 231 g/mol. The van der Waals surface area contributed by atoms with Crippen LogP contribution >= 0.6 is 0 Å². The van der Waals surface area contributed by atoms with Crippen LogP contribution in [0, 0.1) is 5.82 Å². The predicted molar refractivity (Wildman–Crippen MR) is 71.3 cm³/mol. The van der Waals surface area contributed by atoms with Crippen LogP contribution in [0.5, 0.6) is 0 Å². The molecule has 1 aliphatic heterocycles. The van der Waals surface area contributed by atoms with E-state index in [-0.39, 0.29) is 24.5 Å². The van der Waals surface area contributed by atoms with Crippen LogP contribution < -0.4 is 10.2 Å². The summed E-state index contributed by atoms with van der Waals surface area (Å²) in [4.78, 5) is 1.98. The summed E-state index contributed by atoms with van der Waals surface area (Å²) in [6.07, 6.45) is 1.95. The van der Waals surface area contributed by atoms with Crippen molar-refractivity contribution in [2.75, 3.05) is 25.1 Å². The highest BCUT2D eigenvalue weighted by Gasteiger charge is 2.26. The maximum absolute atomic E-state index is 14.2. The third-order valence-electron chi connectivity index (χ3n) is 3.80. The number of benzene rings is 1. The Balaban J connectivity index is 2.24. The zero-order valence-corrected chi connectivity index (χ0v) is 11.0. The number of nitrogens with one attached hydrogen (secondary N) is 1. The summed E-state index contributed by atoms with van der Waals surface area (Å²) >= 11 is 0.